The van der Waals surface area contributed by atoms with Gasteiger partial charge in [0.2, 0.25) is 5.95 Å². The molecule has 176 valence electrons. The number of anilines is 2. The fourth-order valence-electron chi connectivity index (χ4n) is 4.55. The van der Waals surface area contributed by atoms with Crippen molar-refractivity contribution in [1.82, 2.24) is 24.9 Å². The molecule has 0 radical (unpaired) electrons. The molecular weight excluding hydrogens is 463 g/mol. The van der Waals surface area contributed by atoms with E-state index < -0.39 is 12.7 Å². The van der Waals surface area contributed by atoms with Gasteiger partial charge >= 0.3 is 18.2 Å². The van der Waals surface area contributed by atoms with Crippen LogP contribution in [0.5, 0.6) is 11.8 Å². The number of nitrogens with zero attached hydrogens (tertiary/aromatic N) is 6. The Kier molecular flexibility index (Phi) is 5.55. The van der Waals surface area contributed by atoms with Crippen molar-refractivity contribution < 1.29 is 22.4 Å². The Labute approximate surface area is 191 Å². The second-order valence-electron chi connectivity index (χ2n) is 8.35. The Morgan fingerprint density at radius 2 is 1.97 bits per heavy atom. The first-order valence-electron chi connectivity index (χ1n) is 10.5. The Morgan fingerprint density at radius 3 is 2.61 bits per heavy atom. The van der Waals surface area contributed by atoms with Crippen LogP contribution in [0, 0.1) is 18.8 Å². The van der Waals surface area contributed by atoms with E-state index in [1.807, 2.05) is 0 Å². The molecule has 2 atom stereocenters. The number of benzene rings is 1. The van der Waals surface area contributed by atoms with Crippen molar-refractivity contribution in [2.75, 3.05) is 23.3 Å². The number of alkyl halides is 3. The van der Waals surface area contributed by atoms with E-state index in [4.69, 9.17) is 20.9 Å². The van der Waals surface area contributed by atoms with Gasteiger partial charge in [0, 0.05) is 24.2 Å². The van der Waals surface area contributed by atoms with E-state index in [9.17, 15) is 13.2 Å². The molecule has 0 spiro atoms. The maximum atomic E-state index is 13.1. The number of ether oxygens (including phenoxy) is 1. The third-order valence-electron chi connectivity index (χ3n) is 5.89. The van der Waals surface area contributed by atoms with Crippen molar-refractivity contribution in [1.29, 1.82) is 0 Å². The largest absolute Gasteiger partial charge is 0.424 e. The van der Waals surface area contributed by atoms with Gasteiger partial charge in [-0.15, -0.1) is 5.10 Å². The van der Waals surface area contributed by atoms with Crippen LogP contribution in [0.15, 0.2) is 28.8 Å². The highest BCUT2D eigenvalue weighted by Gasteiger charge is 2.44. The molecule has 33 heavy (non-hydrogen) atoms. The van der Waals surface area contributed by atoms with Gasteiger partial charge in [0.15, 0.2) is 5.82 Å². The van der Waals surface area contributed by atoms with Gasteiger partial charge in [-0.1, -0.05) is 22.8 Å². The molecule has 1 aliphatic heterocycles. The predicted molar refractivity (Wildman–Crippen MR) is 112 cm³/mol. The number of piperidine rings is 1. The molecule has 2 aliphatic rings. The zero-order valence-corrected chi connectivity index (χ0v) is 18.3. The second-order valence-corrected chi connectivity index (χ2v) is 8.78. The highest BCUT2D eigenvalue weighted by Crippen LogP contribution is 2.40. The lowest BCUT2D eigenvalue weighted by Gasteiger charge is -2.37. The van der Waals surface area contributed by atoms with E-state index in [0.29, 0.717) is 34.6 Å². The molecule has 13 heteroatoms. The molecule has 2 fully saturated rings. The van der Waals surface area contributed by atoms with Gasteiger partial charge in [0.1, 0.15) is 12.3 Å². The van der Waals surface area contributed by atoms with Crippen LogP contribution < -0.4 is 15.0 Å². The van der Waals surface area contributed by atoms with Crippen LogP contribution in [0.25, 0.3) is 0 Å². The summed E-state index contributed by atoms with van der Waals surface area (Å²) in [7, 11) is 0. The molecule has 3 aromatic rings. The molecule has 1 aromatic carbocycles. The van der Waals surface area contributed by atoms with Gasteiger partial charge < -0.3 is 19.5 Å². The fraction of sp³-hybridized carbons (Fsp3) is 0.500. The Bertz CT molecular complexity index is 1120. The SMILES string of the molecule is Cc1noc(N2CC3CCC(C2)C3Nc2nc(Oc3cccc(Cl)c3)n(CC(F)(F)F)n2)n1. The second kappa shape index (κ2) is 8.40. The minimum atomic E-state index is -4.48. The molecule has 1 saturated heterocycles. The summed E-state index contributed by atoms with van der Waals surface area (Å²) >= 11 is 5.95. The number of halogens is 4. The summed E-state index contributed by atoms with van der Waals surface area (Å²) in [5, 5.41) is 11.5. The standard InChI is InChI=1S/C20H21ClF3N7O2/c1-11-25-18(33-29-11)30-8-12-5-6-13(9-30)16(12)26-17-27-19(31(28-17)10-20(22,23)24)32-15-4-2-3-14(21)7-15/h2-4,7,12-13,16H,5-6,8-10H2,1H3,(H,26,28). The third kappa shape index (κ3) is 4.85. The zero-order chi connectivity index (χ0) is 23.2. The summed E-state index contributed by atoms with van der Waals surface area (Å²) in [6, 6.07) is 6.61. The molecule has 2 bridgehead atoms. The molecule has 1 aliphatic carbocycles. The van der Waals surface area contributed by atoms with Crippen molar-refractivity contribution in [3.05, 3.63) is 35.1 Å². The number of fused-ring (bicyclic) bond motifs is 2. The normalized spacial score (nSPS) is 22.6. The molecular formula is C20H21ClF3N7O2. The quantitative estimate of drug-likeness (QED) is 0.554. The fourth-order valence-corrected chi connectivity index (χ4v) is 4.73. The number of hydrogen-bond donors (Lipinski definition) is 1. The summed E-state index contributed by atoms with van der Waals surface area (Å²) in [5.41, 5.74) is 0. The maximum Gasteiger partial charge on any atom is 0.408 e. The number of hydrogen-bond acceptors (Lipinski definition) is 8. The summed E-state index contributed by atoms with van der Waals surface area (Å²) in [4.78, 5) is 10.6. The number of aryl methyl sites for hydroxylation is 1. The van der Waals surface area contributed by atoms with E-state index in [1.54, 1.807) is 25.1 Å². The number of rotatable bonds is 6. The molecule has 0 amide bonds. The first kappa shape index (κ1) is 21.8. The van der Waals surface area contributed by atoms with E-state index in [-0.39, 0.29) is 35.6 Å². The molecule has 1 saturated carbocycles. The first-order valence-corrected chi connectivity index (χ1v) is 10.9. The summed E-state index contributed by atoms with van der Waals surface area (Å²) in [5.74, 6) is 1.42. The van der Waals surface area contributed by atoms with Gasteiger partial charge in [0.25, 0.3) is 0 Å². The van der Waals surface area contributed by atoms with Crippen LogP contribution in [-0.4, -0.2) is 50.2 Å². The topological polar surface area (TPSA) is 94.1 Å². The van der Waals surface area contributed by atoms with Crippen LogP contribution in [0.1, 0.15) is 18.7 Å². The van der Waals surface area contributed by atoms with Crippen LogP contribution in [0.2, 0.25) is 5.02 Å². The maximum absolute atomic E-state index is 13.1. The molecule has 3 heterocycles. The van der Waals surface area contributed by atoms with E-state index in [0.717, 1.165) is 12.8 Å². The third-order valence-corrected chi connectivity index (χ3v) is 6.12. The monoisotopic (exact) mass is 483 g/mol. The van der Waals surface area contributed by atoms with Crippen molar-refractivity contribution in [2.24, 2.45) is 11.8 Å². The predicted octanol–water partition coefficient (Wildman–Crippen LogP) is 4.30. The Balaban J connectivity index is 1.34. The zero-order valence-electron chi connectivity index (χ0n) is 17.6. The van der Waals surface area contributed by atoms with Crippen LogP contribution in [-0.2, 0) is 6.54 Å². The summed E-state index contributed by atoms with van der Waals surface area (Å²) in [6.45, 7) is 1.84. The molecule has 9 nitrogen and oxygen atoms in total. The molecule has 1 N–H and O–H groups in total. The van der Waals surface area contributed by atoms with E-state index >= 15 is 0 Å². The lowest BCUT2D eigenvalue weighted by Crippen LogP contribution is -2.48. The minimum absolute atomic E-state index is 0.0195. The van der Waals surface area contributed by atoms with Crippen molar-refractivity contribution in [3.8, 4) is 11.8 Å². The Morgan fingerprint density at radius 1 is 1.21 bits per heavy atom. The van der Waals surface area contributed by atoms with Gasteiger partial charge in [-0.2, -0.15) is 23.1 Å². The van der Waals surface area contributed by atoms with Gasteiger partial charge in [-0.25, -0.2) is 4.68 Å². The highest BCUT2D eigenvalue weighted by atomic mass is 35.5. The van der Waals surface area contributed by atoms with Crippen LogP contribution in [0.3, 0.4) is 0 Å². The van der Waals surface area contributed by atoms with Crippen LogP contribution in [0.4, 0.5) is 25.1 Å². The number of aromatic nitrogens is 5. The van der Waals surface area contributed by atoms with E-state index in [2.05, 4.69) is 30.4 Å². The van der Waals surface area contributed by atoms with Crippen LogP contribution >= 0.6 is 11.6 Å². The van der Waals surface area contributed by atoms with Crippen molar-refractivity contribution >= 4 is 23.6 Å². The van der Waals surface area contributed by atoms with E-state index in [1.165, 1.54) is 6.07 Å². The average molecular weight is 484 g/mol. The Hall–Kier alpha value is -3.02. The average Bonchev–Trinajstić information content (AvgIpc) is 3.37. The van der Waals surface area contributed by atoms with Crippen molar-refractivity contribution in [2.45, 2.75) is 38.5 Å². The summed E-state index contributed by atoms with van der Waals surface area (Å²) in [6.07, 6.45) is -2.54. The van der Waals surface area contributed by atoms with Crippen molar-refractivity contribution in [3.63, 3.8) is 0 Å². The molecule has 5 rings (SSSR count). The smallest absolute Gasteiger partial charge is 0.408 e. The lowest BCUT2D eigenvalue weighted by atomic mass is 9.92. The minimum Gasteiger partial charge on any atom is -0.424 e. The number of nitrogens with one attached hydrogen (secondary N) is 1. The highest BCUT2D eigenvalue weighted by molar-refractivity contribution is 6.30. The first-order chi connectivity index (χ1) is 15.7. The lowest BCUT2D eigenvalue weighted by molar-refractivity contribution is -0.143. The summed E-state index contributed by atoms with van der Waals surface area (Å²) < 4.78 is 51.0. The van der Waals surface area contributed by atoms with Gasteiger partial charge in [-0.3, -0.25) is 0 Å². The van der Waals surface area contributed by atoms with Gasteiger partial charge in [0.05, 0.1) is 0 Å². The molecule has 2 unspecified atom stereocenters. The van der Waals surface area contributed by atoms with Gasteiger partial charge in [-0.05, 0) is 49.8 Å². The molecule has 2 aromatic heterocycles.